The van der Waals surface area contributed by atoms with Gasteiger partial charge in [0, 0.05) is 48.1 Å². The van der Waals surface area contributed by atoms with Gasteiger partial charge in [-0.15, -0.1) is 0 Å². The van der Waals surface area contributed by atoms with Crippen molar-refractivity contribution in [3.05, 3.63) is 47.0 Å². The van der Waals surface area contributed by atoms with Gasteiger partial charge in [-0.1, -0.05) is 30.3 Å². The highest BCUT2D eigenvalue weighted by Gasteiger charge is 2.27. The second kappa shape index (κ2) is 10.6. The maximum absolute atomic E-state index is 11.6. The molecule has 168 valence electrons. The number of aliphatic hydroxyl groups excluding tert-OH is 2. The van der Waals surface area contributed by atoms with Crippen LogP contribution in [0.5, 0.6) is 11.5 Å². The topological polar surface area (TPSA) is 115 Å². The van der Waals surface area contributed by atoms with Crippen LogP contribution < -0.4 is 9.47 Å². The Hall–Kier alpha value is -2.65. The molecule has 0 radical (unpaired) electrons. The van der Waals surface area contributed by atoms with Crippen LogP contribution in [0.3, 0.4) is 0 Å². The predicted octanol–water partition coefficient (Wildman–Crippen LogP) is 1.72. The maximum Gasteiger partial charge on any atom is 0.331 e. The summed E-state index contributed by atoms with van der Waals surface area (Å²) in [7, 11) is 3.00. The number of rotatable bonds is 11. The molecule has 0 fully saturated rings. The third kappa shape index (κ3) is 5.34. The molecule has 0 bridgehead atoms. The molecule has 1 aliphatic carbocycles. The quantitative estimate of drug-likeness (QED) is 0.492. The van der Waals surface area contributed by atoms with Gasteiger partial charge in [-0.2, -0.15) is 0 Å². The minimum atomic E-state index is -0.984. The zero-order valence-electron chi connectivity index (χ0n) is 17.7. The Bertz CT molecular complexity index is 952. The number of allylic oxidation sites excluding steroid dienone is 1. The second-order valence-electron chi connectivity index (χ2n) is 7.42. The Kier molecular flexibility index (Phi) is 7.86. The summed E-state index contributed by atoms with van der Waals surface area (Å²) in [5, 5.41) is 31.2. The summed E-state index contributed by atoms with van der Waals surface area (Å²) in [5.41, 5.74) is 1.79. The molecule has 3 N–H and O–H groups in total. The predicted molar refractivity (Wildman–Crippen MR) is 114 cm³/mol. The number of aliphatic hydroxyl groups is 2. The minimum Gasteiger partial charge on any atom is -0.490 e. The maximum atomic E-state index is 11.6. The molecule has 0 heterocycles. The molecule has 0 aliphatic heterocycles. The molecule has 31 heavy (non-hydrogen) atoms. The SMILES string of the molecule is COCC(O)COc1c2c(c(OCC(O)COC)c3ccccc13)CC(C(=O)O)=CC2. The van der Waals surface area contributed by atoms with Crippen LogP contribution in [0, 0.1) is 0 Å². The fourth-order valence-electron chi connectivity index (χ4n) is 3.70. The zero-order chi connectivity index (χ0) is 22.4. The monoisotopic (exact) mass is 432 g/mol. The number of hydrogen-bond acceptors (Lipinski definition) is 7. The Balaban J connectivity index is 2.07. The van der Waals surface area contributed by atoms with Crippen LogP contribution in [0.4, 0.5) is 0 Å². The molecule has 2 unspecified atom stereocenters. The lowest BCUT2D eigenvalue weighted by Gasteiger charge is -2.26. The van der Waals surface area contributed by atoms with Crippen molar-refractivity contribution in [2.24, 2.45) is 0 Å². The molecular formula is C23H28O8. The van der Waals surface area contributed by atoms with E-state index in [9.17, 15) is 20.1 Å². The van der Waals surface area contributed by atoms with E-state index in [1.165, 1.54) is 14.2 Å². The number of fused-ring (bicyclic) bond motifs is 2. The van der Waals surface area contributed by atoms with Crippen molar-refractivity contribution in [2.75, 3.05) is 40.6 Å². The molecule has 8 nitrogen and oxygen atoms in total. The van der Waals surface area contributed by atoms with Gasteiger partial charge in [0.2, 0.25) is 0 Å². The van der Waals surface area contributed by atoms with Crippen LogP contribution in [0.15, 0.2) is 35.9 Å². The van der Waals surface area contributed by atoms with Gasteiger partial charge in [0.1, 0.15) is 36.9 Å². The minimum absolute atomic E-state index is 0.00313. The molecule has 0 aromatic heterocycles. The molecule has 0 amide bonds. The summed E-state index contributed by atoms with van der Waals surface area (Å²) < 4.78 is 21.9. The van der Waals surface area contributed by atoms with Gasteiger partial charge < -0.3 is 34.3 Å². The van der Waals surface area contributed by atoms with Crippen molar-refractivity contribution in [1.29, 1.82) is 0 Å². The fourth-order valence-corrected chi connectivity index (χ4v) is 3.70. The smallest absolute Gasteiger partial charge is 0.331 e. The van der Waals surface area contributed by atoms with Crippen molar-refractivity contribution in [1.82, 2.24) is 0 Å². The van der Waals surface area contributed by atoms with Crippen LogP contribution in [-0.2, 0) is 27.1 Å². The number of aliphatic carboxylic acids is 1. The molecule has 1 aliphatic rings. The van der Waals surface area contributed by atoms with Crippen LogP contribution in [-0.4, -0.2) is 74.1 Å². The van der Waals surface area contributed by atoms with E-state index < -0.39 is 18.2 Å². The summed E-state index contributed by atoms with van der Waals surface area (Å²) in [5.74, 6) is 0.130. The van der Waals surface area contributed by atoms with Crippen LogP contribution in [0.2, 0.25) is 0 Å². The number of methoxy groups -OCH3 is 2. The summed E-state index contributed by atoms with van der Waals surface area (Å²) in [6, 6.07) is 7.49. The van der Waals surface area contributed by atoms with E-state index in [0.29, 0.717) is 23.5 Å². The lowest BCUT2D eigenvalue weighted by Crippen LogP contribution is -2.25. The van der Waals surface area contributed by atoms with Gasteiger partial charge in [0.05, 0.1) is 13.2 Å². The van der Waals surface area contributed by atoms with E-state index in [4.69, 9.17) is 18.9 Å². The standard InChI is InChI=1S/C23H28O8/c1-28-10-15(24)12-30-21-17-5-3-4-6-18(17)22(31-13-16(25)11-29-2)20-9-14(23(26)27)7-8-19(20)21/h3-7,15-16,24-25H,8-13H2,1-2H3,(H,26,27). The van der Waals surface area contributed by atoms with E-state index in [0.717, 1.165) is 16.3 Å². The molecule has 8 heteroatoms. The van der Waals surface area contributed by atoms with Crippen molar-refractivity contribution in [3.63, 3.8) is 0 Å². The van der Waals surface area contributed by atoms with Crippen molar-refractivity contribution in [3.8, 4) is 11.5 Å². The number of carbonyl (C=O) groups is 1. The van der Waals surface area contributed by atoms with Gasteiger partial charge in [-0.05, 0) is 6.42 Å². The number of hydrogen-bond donors (Lipinski definition) is 3. The number of carboxylic acids is 1. The summed E-state index contributed by atoms with van der Waals surface area (Å²) >= 11 is 0. The van der Waals surface area contributed by atoms with Crippen LogP contribution >= 0.6 is 0 Å². The molecule has 2 aromatic rings. The molecule has 3 rings (SSSR count). The Labute approximate surface area is 180 Å². The van der Waals surface area contributed by atoms with E-state index in [1.54, 1.807) is 6.08 Å². The Morgan fingerprint density at radius 2 is 1.42 bits per heavy atom. The summed E-state index contributed by atoms with van der Waals surface area (Å²) in [6.45, 7) is 0.302. The summed E-state index contributed by atoms with van der Waals surface area (Å²) in [6.07, 6.45) is 0.573. The van der Waals surface area contributed by atoms with Gasteiger partial charge >= 0.3 is 5.97 Å². The molecule has 0 saturated carbocycles. The van der Waals surface area contributed by atoms with Crippen LogP contribution in [0.1, 0.15) is 11.1 Å². The first-order valence-corrected chi connectivity index (χ1v) is 10.0. The van der Waals surface area contributed by atoms with E-state index in [2.05, 4.69) is 0 Å². The lowest BCUT2D eigenvalue weighted by molar-refractivity contribution is -0.132. The lowest BCUT2D eigenvalue weighted by atomic mass is 9.87. The average molecular weight is 432 g/mol. The van der Waals surface area contributed by atoms with E-state index >= 15 is 0 Å². The van der Waals surface area contributed by atoms with Gasteiger partial charge in [-0.3, -0.25) is 0 Å². The first kappa shape index (κ1) is 23.0. The van der Waals surface area contributed by atoms with Crippen LogP contribution in [0.25, 0.3) is 10.8 Å². The fraction of sp³-hybridized carbons (Fsp3) is 0.435. The number of benzene rings is 2. The summed E-state index contributed by atoms with van der Waals surface area (Å²) in [4.78, 5) is 11.6. The molecule has 2 aromatic carbocycles. The third-order valence-electron chi connectivity index (χ3n) is 5.08. The molecule has 0 spiro atoms. The Morgan fingerprint density at radius 1 is 0.903 bits per heavy atom. The van der Waals surface area contributed by atoms with E-state index in [-0.39, 0.29) is 38.4 Å². The zero-order valence-corrected chi connectivity index (χ0v) is 17.7. The normalized spacial score (nSPS) is 15.2. The van der Waals surface area contributed by atoms with Crippen molar-refractivity contribution in [2.45, 2.75) is 25.0 Å². The van der Waals surface area contributed by atoms with E-state index in [1.807, 2.05) is 24.3 Å². The van der Waals surface area contributed by atoms with Crippen molar-refractivity contribution < 1.29 is 39.1 Å². The Morgan fingerprint density at radius 3 is 1.90 bits per heavy atom. The highest BCUT2D eigenvalue weighted by Crippen LogP contribution is 2.44. The first-order chi connectivity index (χ1) is 15.0. The number of ether oxygens (including phenoxy) is 4. The largest absolute Gasteiger partial charge is 0.490 e. The highest BCUT2D eigenvalue weighted by atomic mass is 16.5. The van der Waals surface area contributed by atoms with Gasteiger partial charge in [-0.25, -0.2) is 4.79 Å². The molecular weight excluding hydrogens is 404 g/mol. The molecule has 2 atom stereocenters. The van der Waals surface area contributed by atoms with Gasteiger partial charge in [0.25, 0.3) is 0 Å². The second-order valence-corrected chi connectivity index (χ2v) is 7.42. The number of carboxylic acid groups (broad SMARTS) is 1. The average Bonchev–Trinajstić information content (AvgIpc) is 2.76. The van der Waals surface area contributed by atoms with Crippen molar-refractivity contribution >= 4 is 16.7 Å². The molecule has 0 saturated heterocycles. The first-order valence-electron chi connectivity index (χ1n) is 10.0. The third-order valence-corrected chi connectivity index (χ3v) is 5.08. The van der Waals surface area contributed by atoms with Gasteiger partial charge in [0.15, 0.2) is 0 Å². The highest BCUT2D eigenvalue weighted by molar-refractivity contribution is 5.97.